The van der Waals surface area contributed by atoms with Crippen molar-refractivity contribution < 1.29 is 14.3 Å². The van der Waals surface area contributed by atoms with Gasteiger partial charge in [0, 0.05) is 10.7 Å². The maximum Gasteiger partial charge on any atom is 0.266 e. The van der Waals surface area contributed by atoms with Crippen molar-refractivity contribution >= 4 is 40.9 Å². The molecular weight excluding hydrogens is 411 g/mol. The maximum absolute atomic E-state index is 12.6. The normalized spacial score (nSPS) is 10.8. The Labute approximate surface area is 180 Å². The first-order valence-electron chi connectivity index (χ1n) is 8.79. The van der Waals surface area contributed by atoms with Gasteiger partial charge in [-0.15, -0.1) is 0 Å². The maximum atomic E-state index is 12.6. The third-order valence-electron chi connectivity index (χ3n) is 3.87. The monoisotopic (exact) mass is 430 g/mol. The molecule has 0 unspecified atom stereocenters. The number of nitrogens with one attached hydrogen (secondary N) is 1. The summed E-state index contributed by atoms with van der Waals surface area (Å²) < 4.78 is 11.1. The Hall–Kier alpha value is -2.94. The lowest BCUT2D eigenvalue weighted by Gasteiger charge is -2.13. The number of rotatable bonds is 8. The van der Waals surface area contributed by atoms with Crippen molar-refractivity contribution in [2.24, 2.45) is 0 Å². The average molecular weight is 431 g/mol. The van der Waals surface area contributed by atoms with Crippen LogP contribution < -0.4 is 14.8 Å². The second-order valence-corrected chi connectivity index (χ2v) is 6.71. The number of benzene rings is 2. The minimum atomic E-state index is -0.557. The Morgan fingerprint density at radius 3 is 2.69 bits per heavy atom. The number of nitriles is 1. The molecule has 0 aliphatic carbocycles. The Kier molecular flexibility index (Phi) is 8.14. The molecule has 0 aliphatic rings. The van der Waals surface area contributed by atoms with Gasteiger partial charge in [-0.2, -0.15) is 5.26 Å². The van der Waals surface area contributed by atoms with Gasteiger partial charge in [-0.25, -0.2) is 0 Å². The van der Waals surface area contributed by atoms with E-state index in [2.05, 4.69) is 11.9 Å². The molecule has 0 aliphatic heterocycles. The van der Waals surface area contributed by atoms with E-state index in [-0.39, 0.29) is 12.2 Å². The molecule has 0 saturated heterocycles. The fraction of sp³-hybridized carbons (Fsp3) is 0.182. The van der Waals surface area contributed by atoms with Gasteiger partial charge in [0.05, 0.1) is 11.6 Å². The highest BCUT2D eigenvalue weighted by atomic mass is 35.5. The molecular formula is C22H20Cl2N2O3. The number of hydrogen-bond acceptors (Lipinski definition) is 4. The number of amides is 1. The Morgan fingerprint density at radius 2 is 2.03 bits per heavy atom. The van der Waals surface area contributed by atoms with Gasteiger partial charge in [0.25, 0.3) is 5.91 Å². The van der Waals surface area contributed by atoms with E-state index in [0.717, 1.165) is 0 Å². The molecule has 2 aromatic rings. The molecule has 0 bridgehead atoms. The lowest BCUT2D eigenvalue weighted by Crippen LogP contribution is -2.14. The van der Waals surface area contributed by atoms with Crippen LogP contribution in [-0.2, 0) is 4.79 Å². The smallest absolute Gasteiger partial charge is 0.266 e. The van der Waals surface area contributed by atoms with Crippen molar-refractivity contribution in [2.75, 3.05) is 18.5 Å². The van der Waals surface area contributed by atoms with Crippen LogP contribution in [-0.4, -0.2) is 19.1 Å². The molecule has 0 saturated carbocycles. The summed E-state index contributed by atoms with van der Waals surface area (Å²) in [7, 11) is 0. The van der Waals surface area contributed by atoms with E-state index in [1.54, 1.807) is 43.3 Å². The number of anilines is 1. The molecule has 0 atom stereocenters. The predicted molar refractivity (Wildman–Crippen MR) is 117 cm³/mol. The van der Waals surface area contributed by atoms with Crippen LogP contribution in [0.3, 0.4) is 0 Å². The van der Waals surface area contributed by atoms with Crippen molar-refractivity contribution in [3.63, 3.8) is 0 Å². The second-order valence-electron chi connectivity index (χ2n) is 5.90. The zero-order chi connectivity index (χ0) is 21.4. The molecule has 1 amide bonds. The third kappa shape index (κ3) is 5.77. The molecule has 7 heteroatoms. The van der Waals surface area contributed by atoms with Crippen LogP contribution in [0.1, 0.15) is 18.1 Å². The van der Waals surface area contributed by atoms with Gasteiger partial charge in [0.1, 0.15) is 18.2 Å². The predicted octanol–water partition coefficient (Wildman–Crippen LogP) is 5.81. The third-order valence-corrected chi connectivity index (χ3v) is 4.56. The molecule has 0 fully saturated rings. The first-order chi connectivity index (χ1) is 13.9. The summed E-state index contributed by atoms with van der Waals surface area (Å²) in [6.45, 7) is 7.88. The van der Waals surface area contributed by atoms with Crippen LogP contribution in [0.2, 0.25) is 10.0 Å². The van der Waals surface area contributed by atoms with Gasteiger partial charge in [0.2, 0.25) is 0 Å². The van der Waals surface area contributed by atoms with Crippen molar-refractivity contribution in [3.8, 4) is 17.6 Å². The molecule has 0 aromatic heterocycles. The van der Waals surface area contributed by atoms with E-state index in [1.807, 2.05) is 13.0 Å². The molecule has 0 spiro atoms. The number of ether oxygens (including phenoxy) is 2. The lowest BCUT2D eigenvalue weighted by molar-refractivity contribution is -0.112. The Morgan fingerprint density at radius 1 is 1.28 bits per heavy atom. The second kappa shape index (κ2) is 10.6. The topological polar surface area (TPSA) is 71.3 Å². The van der Waals surface area contributed by atoms with Gasteiger partial charge >= 0.3 is 0 Å². The van der Waals surface area contributed by atoms with Crippen molar-refractivity contribution in [3.05, 3.63) is 69.7 Å². The van der Waals surface area contributed by atoms with Crippen LogP contribution >= 0.6 is 23.2 Å². The number of nitrogens with zero attached hydrogens (tertiary/aromatic N) is 1. The van der Waals surface area contributed by atoms with Crippen LogP contribution in [0, 0.1) is 18.3 Å². The number of halogens is 2. The van der Waals surface area contributed by atoms with Crippen molar-refractivity contribution in [1.82, 2.24) is 0 Å². The van der Waals surface area contributed by atoms with Crippen molar-refractivity contribution in [2.45, 2.75) is 13.8 Å². The zero-order valence-electron chi connectivity index (χ0n) is 16.1. The highest BCUT2D eigenvalue weighted by Gasteiger charge is 2.15. The lowest BCUT2D eigenvalue weighted by atomic mass is 10.1. The van der Waals surface area contributed by atoms with E-state index < -0.39 is 5.91 Å². The summed E-state index contributed by atoms with van der Waals surface area (Å²) in [5.41, 5.74) is 1.68. The zero-order valence-corrected chi connectivity index (χ0v) is 17.6. The summed E-state index contributed by atoms with van der Waals surface area (Å²) in [5, 5.41) is 13.0. The highest BCUT2D eigenvalue weighted by molar-refractivity contribution is 6.32. The fourth-order valence-electron chi connectivity index (χ4n) is 2.46. The van der Waals surface area contributed by atoms with Gasteiger partial charge < -0.3 is 14.8 Å². The quantitative estimate of drug-likeness (QED) is 0.325. The molecule has 2 rings (SSSR count). The molecule has 29 heavy (non-hydrogen) atoms. The van der Waals surface area contributed by atoms with Crippen molar-refractivity contribution in [1.29, 1.82) is 5.26 Å². The van der Waals surface area contributed by atoms with Gasteiger partial charge in [-0.3, -0.25) is 4.79 Å². The summed E-state index contributed by atoms with van der Waals surface area (Å²) >= 11 is 12.4. The van der Waals surface area contributed by atoms with E-state index in [4.69, 9.17) is 32.7 Å². The van der Waals surface area contributed by atoms with E-state index >= 15 is 0 Å². The van der Waals surface area contributed by atoms with Crippen LogP contribution in [0.15, 0.2) is 48.6 Å². The minimum Gasteiger partial charge on any atom is -0.490 e. The fourth-order valence-corrected chi connectivity index (χ4v) is 2.91. The van der Waals surface area contributed by atoms with Crippen LogP contribution in [0.5, 0.6) is 11.5 Å². The first-order valence-corrected chi connectivity index (χ1v) is 9.55. The van der Waals surface area contributed by atoms with E-state index in [9.17, 15) is 10.1 Å². The minimum absolute atomic E-state index is 0.0948. The number of carbonyl (C=O) groups is 1. The van der Waals surface area contributed by atoms with Crippen LogP contribution in [0.25, 0.3) is 6.08 Å². The highest BCUT2D eigenvalue weighted by Crippen LogP contribution is 2.37. The summed E-state index contributed by atoms with van der Waals surface area (Å²) in [5.74, 6) is 0.235. The SMILES string of the molecule is C=CCOc1c(Cl)cc(/C=C(\C#N)C(=O)Nc2cccc(Cl)c2C)cc1OCC. The van der Waals surface area contributed by atoms with Gasteiger partial charge in [0.15, 0.2) is 11.5 Å². The standard InChI is InChI=1S/C22H20Cl2N2O3/c1-4-9-29-21-18(24)11-15(12-20(21)28-5-2)10-16(13-25)22(27)26-19-8-6-7-17(23)14(19)3/h4,6-8,10-12H,1,5,9H2,2-3H3,(H,26,27)/b16-10+. The van der Waals surface area contributed by atoms with Crippen LogP contribution in [0.4, 0.5) is 5.69 Å². The van der Waals surface area contributed by atoms with E-state index in [1.165, 1.54) is 6.08 Å². The number of carbonyl (C=O) groups excluding carboxylic acids is 1. The summed E-state index contributed by atoms with van der Waals surface area (Å²) in [6.07, 6.45) is 3.02. The molecule has 5 nitrogen and oxygen atoms in total. The molecule has 0 heterocycles. The summed E-state index contributed by atoms with van der Waals surface area (Å²) in [4.78, 5) is 12.6. The first kappa shape index (κ1) is 22.4. The van der Waals surface area contributed by atoms with Gasteiger partial charge in [-0.1, -0.05) is 41.9 Å². The Balaban J connectivity index is 2.36. The van der Waals surface area contributed by atoms with E-state index in [0.29, 0.717) is 45.0 Å². The molecule has 0 radical (unpaired) electrons. The Bertz CT molecular complexity index is 994. The number of hydrogen-bond donors (Lipinski definition) is 1. The molecule has 2 aromatic carbocycles. The van der Waals surface area contributed by atoms with Gasteiger partial charge in [-0.05, 0) is 55.3 Å². The average Bonchev–Trinajstić information content (AvgIpc) is 2.69. The largest absolute Gasteiger partial charge is 0.490 e. The molecule has 1 N–H and O–H groups in total. The summed E-state index contributed by atoms with van der Waals surface area (Å²) in [6, 6.07) is 10.3. The molecule has 150 valence electrons.